The van der Waals surface area contributed by atoms with E-state index in [0.717, 1.165) is 4.90 Å². The molecular formula is C14H18F3NO2. The molecule has 0 fully saturated rings. The van der Waals surface area contributed by atoms with E-state index in [-0.39, 0.29) is 18.2 Å². The molecule has 6 heteroatoms. The summed E-state index contributed by atoms with van der Waals surface area (Å²) in [6.07, 6.45) is -5.42. The van der Waals surface area contributed by atoms with Crippen LogP contribution in [0.25, 0.3) is 0 Å². The smallest absolute Gasteiger partial charge is 0.390 e. The predicted molar refractivity (Wildman–Crippen MR) is 69.8 cm³/mol. The first-order valence-corrected chi connectivity index (χ1v) is 6.28. The van der Waals surface area contributed by atoms with Gasteiger partial charge >= 0.3 is 6.18 Å². The minimum atomic E-state index is -4.28. The lowest BCUT2D eigenvalue weighted by Crippen LogP contribution is -2.31. The number of carbonyl (C=O) groups excluding carboxylic acids is 1. The second kappa shape index (κ2) is 6.63. The van der Waals surface area contributed by atoms with E-state index < -0.39 is 18.5 Å². The summed E-state index contributed by atoms with van der Waals surface area (Å²) in [5.74, 6) is -0.100. The van der Waals surface area contributed by atoms with E-state index in [9.17, 15) is 18.0 Å². The van der Waals surface area contributed by atoms with Crippen molar-refractivity contribution >= 4 is 5.91 Å². The largest absolute Gasteiger partial charge is 0.490 e. The number of ether oxygens (including phenoxy) is 1. The average Bonchev–Trinajstić information content (AvgIpc) is 2.34. The molecule has 0 N–H and O–H groups in total. The highest BCUT2D eigenvalue weighted by molar-refractivity contribution is 5.96. The maximum atomic E-state index is 12.2. The van der Waals surface area contributed by atoms with Crippen LogP contribution < -0.4 is 4.74 Å². The molecule has 3 nitrogen and oxygen atoms in total. The van der Waals surface area contributed by atoms with Crippen molar-refractivity contribution < 1.29 is 22.7 Å². The summed E-state index contributed by atoms with van der Waals surface area (Å²) >= 11 is 0. The van der Waals surface area contributed by atoms with Crippen LogP contribution in [0.15, 0.2) is 24.3 Å². The number of nitrogens with zero attached hydrogens (tertiary/aromatic N) is 1. The Bertz CT molecular complexity index is 458. The Kier molecular flexibility index (Phi) is 5.42. The van der Waals surface area contributed by atoms with Crippen molar-refractivity contribution in [2.75, 3.05) is 13.6 Å². The third-order valence-corrected chi connectivity index (χ3v) is 2.56. The zero-order chi connectivity index (χ0) is 15.3. The van der Waals surface area contributed by atoms with Crippen molar-refractivity contribution in [3.8, 4) is 5.75 Å². The topological polar surface area (TPSA) is 29.5 Å². The molecule has 20 heavy (non-hydrogen) atoms. The molecule has 1 rings (SSSR count). The van der Waals surface area contributed by atoms with Crippen LogP contribution in [-0.4, -0.2) is 36.7 Å². The quantitative estimate of drug-likeness (QED) is 0.830. The van der Waals surface area contributed by atoms with Gasteiger partial charge in [0, 0.05) is 13.6 Å². The molecule has 1 aromatic rings. The highest BCUT2D eigenvalue weighted by atomic mass is 19.4. The molecule has 0 saturated carbocycles. The first kappa shape index (κ1) is 16.3. The molecule has 0 aliphatic rings. The van der Waals surface area contributed by atoms with Crippen LogP contribution in [0.2, 0.25) is 0 Å². The van der Waals surface area contributed by atoms with Crippen LogP contribution in [0.3, 0.4) is 0 Å². The van der Waals surface area contributed by atoms with Gasteiger partial charge in [-0.05, 0) is 26.0 Å². The monoisotopic (exact) mass is 289 g/mol. The van der Waals surface area contributed by atoms with E-state index in [1.807, 2.05) is 13.8 Å². The predicted octanol–water partition coefficient (Wildman–Crippen LogP) is 3.50. The Morgan fingerprint density at radius 3 is 2.45 bits per heavy atom. The van der Waals surface area contributed by atoms with Gasteiger partial charge in [-0.3, -0.25) is 4.79 Å². The molecule has 0 unspecified atom stereocenters. The molecule has 0 atom stereocenters. The summed E-state index contributed by atoms with van der Waals surface area (Å²) in [5, 5.41) is 0. The van der Waals surface area contributed by atoms with Crippen molar-refractivity contribution in [3.05, 3.63) is 29.8 Å². The Morgan fingerprint density at radius 1 is 1.30 bits per heavy atom. The fraction of sp³-hybridized carbons (Fsp3) is 0.500. The number of carbonyl (C=O) groups is 1. The van der Waals surface area contributed by atoms with Gasteiger partial charge in [-0.2, -0.15) is 13.2 Å². The first-order valence-electron chi connectivity index (χ1n) is 6.28. The second-order valence-corrected chi connectivity index (χ2v) is 4.75. The fourth-order valence-corrected chi connectivity index (χ4v) is 1.60. The van der Waals surface area contributed by atoms with Gasteiger partial charge in [0.1, 0.15) is 5.75 Å². The number of para-hydroxylation sites is 1. The molecule has 1 amide bonds. The van der Waals surface area contributed by atoms with Crippen molar-refractivity contribution in [1.82, 2.24) is 4.90 Å². The Labute approximate surface area is 116 Å². The molecule has 0 aromatic heterocycles. The van der Waals surface area contributed by atoms with Gasteiger partial charge in [0.05, 0.1) is 18.1 Å². The number of halogens is 3. The number of alkyl halides is 3. The SMILES string of the molecule is CC(C)Oc1ccccc1C(=O)N(C)CCC(F)(F)F. The van der Waals surface area contributed by atoms with E-state index in [2.05, 4.69) is 0 Å². The number of benzene rings is 1. The number of rotatable bonds is 5. The molecule has 0 saturated heterocycles. The molecule has 0 aliphatic carbocycles. The molecule has 0 bridgehead atoms. The van der Waals surface area contributed by atoms with Crippen molar-refractivity contribution in [2.24, 2.45) is 0 Å². The summed E-state index contributed by atoms with van der Waals surface area (Å²) < 4.78 is 42.0. The normalized spacial score (nSPS) is 11.6. The van der Waals surface area contributed by atoms with Crippen molar-refractivity contribution in [3.63, 3.8) is 0 Å². The van der Waals surface area contributed by atoms with Gasteiger partial charge in [-0.15, -0.1) is 0 Å². The third-order valence-electron chi connectivity index (χ3n) is 2.56. The van der Waals surface area contributed by atoms with Crippen LogP contribution in [0.4, 0.5) is 13.2 Å². The molecule has 1 aromatic carbocycles. The Morgan fingerprint density at radius 2 is 1.90 bits per heavy atom. The highest BCUT2D eigenvalue weighted by Crippen LogP contribution is 2.23. The number of amides is 1. The zero-order valence-corrected chi connectivity index (χ0v) is 11.7. The fourth-order valence-electron chi connectivity index (χ4n) is 1.60. The molecule has 0 heterocycles. The summed E-state index contributed by atoms with van der Waals surface area (Å²) in [5.41, 5.74) is 0.269. The second-order valence-electron chi connectivity index (χ2n) is 4.75. The molecule has 112 valence electrons. The molecule has 0 aliphatic heterocycles. The average molecular weight is 289 g/mol. The highest BCUT2D eigenvalue weighted by Gasteiger charge is 2.28. The van der Waals surface area contributed by atoms with Crippen molar-refractivity contribution in [1.29, 1.82) is 0 Å². The minimum Gasteiger partial charge on any atom is -0.490 e. The van der Waals surface area contributed by atoms with Gasteiger partial charge < -0.3 is 9.64 Å². The summed E-state index contributed by atoms with van der Waals surface area (Å²) in [6, 6.07) is 6.54. The standard InChI is InChI=1S/C14H18F3NO2/c1-10(2)20-12-7-5-4-6-11(12)13(19)18(3)9-8-14(15,16)17/h4-7,10H,8-9H2,1-3H3. The van der Waals surface area contributed by atoms with Crippen molar-refractivity contribution in [2.45, 2.75) is 32.5 Å². The maximum absolute atomic E-state index is 12.2. The molecular weight excluding hydrogens is 271 g/mol. The van der Waals surface area contributed by atoms with Crippen LogP contribution in [0.1, 0.15) is 30.6 Å². The first-order chi connectivity index (χ1) is 9.20. The lowest BCUT2D eigenvalue weighted by molar-refractivity contribution is -0.136. The lowest BCUT2D eigenvalue weighted by Gasteiger charge is -2.20. The molecule has 0 spiro atoms. The van der Waals surface area contributed by atoms with Crippen LogP contribution in [0.5, 0.6) is 5.75 Å². The Balaban J connectivity index is 2.81. The van der Waals surface area contributed by atoms with Gasteiger partial charge in [0.15, 0.2) is 0 Å². The third kappa shape index (κ3) is 5.11. The van der Waals surface area contributed by atoms with E-state index in [0.29, 0.717) is 5.75 Å². The van der Waals surface area contributed by atoms with E-state index >= 15 is 0 Å². The van der Waals surface area contributed by atoms with Crippen LogP contribution in [-0.2, 0) is 0 Å². The van der Waals surface area contributed by atoms with E-state index in [4.69, 9.17) is 4.74 Å². The lowest BCUT2D eigenvalue weighted by atomic mass is 10.1. The van der Waals surface area contributed by atoms with E-state index in [1.165, 1.54) is 7.05 Å². The van der Waals surface area contributed by atoms with Gasteiger partial charge in [0.25, 0.3) is 5.91 Å². The van der Waals surface area contributed by atoms with Crippen LogP contribution in [0, 0.1) is 0 Å². The van der Waals surface area contributed by atoms with E-state index in [1.54, 1.807) is 24.3 Å². The van der Waals surface area contributed by atoms with Gasteiger partial charge in [-0.1, -0.05) is 12.1 Å². The maximum Gasteiger partial charge on any atom is 0.390 e. The number of hydrogen-bond acceptors (Lipinski definition) is 2. The minimum absolute atomic E-state index is 0.121. The molecule has 0 radical (unpaired) electrons. The summed E-state index contributed by atoms with van der Waals surface area (Å²) in [6.45, 7) is 3.25. The van der Waals surface area contributed by atoms with Crippen LogP contribution >= 0.6 is 0 Å². The van der Waals surface area contributed by atoms with Gasteiger partial charge in [-0.25, -0.2) is 0 Å². The summed E-state index contributed by atoms with van der Waals surface area (Å²) in [7, 11) is 1.35. The summed E-state index contributed by atoms with van der Waals surface area (Å²) in [4.78, 5) is 13.2. The van der Waals surface area contributed by atoms with Gasteiger partial charge in [0.2, 0.25) is 0 Å². The Hall–Kier alpha value is -1.72. The zero-order valence-electron chi connectivity index (χ0n) is 11.7. The number of hydrogen-bond donors (Lipinski definition) is 0.